The number of primary amides is 1. The topological polar surface area (TPSA) is 72.2 Å². The van der Waals surface area contributed by atoms with Crippen molar-refractivity contribution in [2.75, 3.05) is 0 Å². The summed E-state index contributed by atoms with van der Waals surface area (Å²) in [6.07, 6.45) is 0.433. The number of hydrogen-bond donors (Lipinski definition) is 2. The average Bonchev–Trinajstić information content (AvgIpc) is 2.88. The van der Waals surface area contributed by atoms with Crippen LogP contribution >= 0.6 is 15.9 Å². The molecule has 1 atom stereocenters. The lowest BCUT2D eigenvalue weighted by Crippen LogP contribution is -2.48. The molecule has 0 bridgehead atoms. The molecule has 0 saturated carbocycles. The molecule has 0 saturated heterocycles. The zero-order chi connectivity index (χ0) is 24.7. The van der Waals surface area contributed by atoms with Crippen LogP contribution in [-0.2, 0) is 21.4 Å². The molecule has 2 amide bonds. The van der Waals surface area contributed by atoms with E-state index in [0.717, 1.165) is 26.7 Å². The number of amides is 2. The Balaban J connectivity index is 1.73. The predicted molar refractivity (Wildman–Crippen MR) is 143 cm³/mol. The molecule has 4 aromatic carbocycles. The van der Waals surface area contributed by atoms with Gasteiger partial charge < -0.3 is 11.1 Å². The first-order chi connectivity index (χ1) is 17.0. The minimum Gasteiger partial charge on any atom is -0.368 e. The van der Waals surface area contributed by atoms with Gasteiger partial charge in [-0.1, -0.05) is 119 Å². The number of benzene rings is 4. The molecule has 0 fully saturated rings. The molecule has 0 aliphatic rings. The maximum Gasteiger partial charge on any atom is 0.240 e. The summed E-state index contributed by atoms with van der Waals surface area (Å²) >= 11 is 3.45. The van der Waals surface area contributed by atoms with E-state index in [1.165, 1.54) is 0 Å². The average molecular weight is 527 g/mol. The third-order valence-corrected chi connectivity index (χ3v) is 6.73. The number of nitrogens with one attached hydrogen (secondary N) is 1. The van der Waals surface area contributed by atoms with Gasteiger partial charge >= 0.3 is 0 Å². The van der Waals surface area contributed by atoms with Gasteiger partial charge in [0.05, 0.1) is 5.41 Å². The fraction of sp³-hybridized carbons (Fsp3) is 0.133. The van der Waals surface area contributed by atoms with Crippen molar-refractivity contribution in [3.05, 3.63) is 142 Å². The van der Waals surface area contributed by atoms with Crippen molar-refractivity contribution in [2.24, 2.45) is 5.73 Å². The summed E-state index contributed by atoms with van der Waals surface area (Å²) in [7, 11) is 0. The summed E-state index contributed by atoms with van der Waals surface area (Å²) in [5.41, 5.74) is 8.85. The van der Waals surface area contributed by atoms with Crippen LogP contribution in [0.15, 0.2) is 120 Å². The second kappa shape index (κ2) is 11.2. The van der Waals surface area contributed by atoms with E-state index in [0.29, 0.717) is 6.42 Å². The monoisotopic (exact) mass is 526 g/mol. The van der Waals surface area contributed by atoms with E-state index < -0.39 is 17.4 Å². The second-order valence-electron chi connectivity index (χ2n) is 8.54. The molecule has 35 heavy (non-hydrogen) atoms. The molecule has 0 aromatic heterocycles. The van der Waals surface area contributed by atoms with Crippen molar-refractivity contribution < 1.29 is 9.59 Å². The van der Waals surface area contributed by atoms with Gasteiger partial charge in [-0.25, -0.2) is 0 Å². The first-order valence-electron chi connectivity index (χ1n) is 11.5. The summed E-state index contributed by atoms with van der Waals surface area (Å²) in [6, 6.07) is 36.8. The first kappa shape index (κ1) is 24.4. The van der Waals surface area contributed by atoms with Gasteiger partial charge in [-0.2, -0.15) is 0 Å². The van der Waals surface area contributed by atoms with Crippen molar-refractivity contribution in [3.8, 4) is 0 Å². The van der Waals surface area contributed by atoms with Crippen LogP contribution in [0.4, 0.5) is 0 Å². The maximum absolute atomic E-state index is 13.6. The van der Waals surface area contributed by atoms with Crippen LogP contribution in [-0.4, -0.2) is 17.9 Å². The first-order valence-corrected chi connectivity index (χ1v) is 12.3. The second-order valence-corrected chi connectivity index (χ2v) is 9.45. The Labute approximate surface area is 214 Å². The van der Waals surface area contributed by atoms with E-state index in [1.807, 2.05) is 115 Å². The zero-order valence-electron chi connectivity index (χ0n) is 19.2. The van der Waals surface area contributed by atoms with E-state index in [1.54, 1.807) is 0 Å². The standard InChI is InChI=1S/C30H27BrN2O2/c31-26-18-10-11-22(19-26)20-27(29(32)35)33-28(34)21-30(23-12-4-1-5-13-23,24-14-6-2-7-15-24)25-16-8-3-9-17-25/h1-19,27H,20-21H2,(H2,32,35)(H,33,34)/t27-/m0/s1. The number of carbonyl (C=O) groups excluding carboxylic acids is 2. The fourth-order valence-electron chi connectivity index (χ4n) is 4.58. The SMILES string of the molecule is NC(=O)[C@H](Cc1cccc(Br)c1)NC(=O)CC(c1ccccc1)(c1ccccc1)c1ccccc1. The molecule has 0 aliphatic carbocycles. The van der Waals surface area contributed by atoms with E-state index >= 15 is 0 Å². The Morgan fingerprint density at radius 1 is 0.743 bits per heavy atom. The van der Waals surface area contributed by atoms with Crippen LogP contribution in [0.1, 0.15) is 28.7 Å². The van der Waals surface area contributed by atoms with Gasteiger partial charge in [0.15, 0.2) is 0 Å². The third-order valence-electron chi connectivity index (χ3n) is 6.23. The summed E-state index contributed by atoms with van der Waals surface area (Å²) in [5.74, 6) is -0.816. The lowest BCUT2D eigenvalue weighted by molar-refractivity contribution is -0.127. The molecule has 4 nitrogen and oxygen atoms in total. The number of halogens is 1. The maximum atomic E-state index is 13.6. The fourth-order valence-corrected chi connectivity index (χ4v) is 5.03. The summed E-state index contributed by atoms with van der Waals surface area (Å²) in [4.78, 5) is 25.9. The van der Waals surface area contributed by atoms with Gasteiger partial charge in [0, 0.05) is 17.3 Å². The van der Waals surface area contributed by atoms with Crippen molar-refractivity contribution >= 4 is 27.7 Å². The largest absolute Gasteiger partial charge is 0.368 e. The van der Waals surface area contributed by atoms with E-state index in [2.05, 4.69) is 21.2 Å². The van der Waals surface area contributed by atoms with Crippen LogP contribution in [0.25, 0.3) is 0 Å². The summed E-state index contributed by atoms with van der Waals surface area (Å²) in [5, 5.41) is 2.92. The molecule has 0 aliphatic heterocycles. The van der Waals surface area contributed by atoms with Gasteiger partial charge in [0.2, 0.25) is 11.8 Å². The van der Waals surface area contributed by atoms with Gasteiger partial charge in [0.1, 0.15) is 6.04 Å². The smallest absolute Gasteiger partial charge is 0.240 e. The van der Waals surface area contributed by atoms with Gasteiger partial charge in [-0.05, 0) is 34.4 Å². The number of rotatable bonds is 9. The molecule has 0 unspecified atom stereocenters. The molecular weight excluding hydrogens is 500 g/mol. The molecule has 4 rings (SSSR count). The highest BCUT2D eigenvalue weighted by Gasteiger charge is 2.39. The Hall–Kier alpha value is -3.70. The Morgan fingerprint density at radius 2 is 1.23 bits per heavy atom. The van der Waals surface area contributed by atoms with Gasteiger partial charge in [0.25, 0.3) is 0 Å². The zero-order valence-corrected chi connectivity index (χ0v) is 20.8. The highest BCUT2D eigenvalue weighted by atomic mass is 79.9. The predicted octanol–water partition coefficient (Wildman–Crippen LogP) is 5.39. The Morgan fingerprint density at radius 3 is 1.66 bits per heavy atom. The third kappa shape index (κ3) is 5.69. The Kier molecular flexibility index (Phi) is 7.78. The number of hydrogen-bond acceptors (Lipinski definition) is 2. The van der Waals surface area contributed by atoms with Crippen LogP contribution < -0.4 is 11.1 Å². The van der Waals surface area contributed by atoms with Crippen LogP contribution in [0, 0.1) is 0 Å². The highest BCUT2D eigenvalue weighted by molar-refractivity contribution is 9.10. The lowest BCUT2D eigenvalue weighted by Gasteiger charge is -2.36. The van der Waals surface area contributed by atoms with Crippen molar-refractivity contribution in [2.45, 2.75) is 24.3 Å². The summed E-state index contributed by atoms with van der Waals surface area (Å²) < 4.78 is 0.904. The Bertz CT molecular complexity index is 1180. The van der Waals surface area contributed by atoms with Gasteiger partial charge in [-0.3, -0.25) is 9.59 Å². The van der Waals surface area contributed by atoms with E-state index in [9.17, 15) is 9.59 Å². The number of nitrogens with two attached hydrogens (primary N) is 1. The van der Waals surface area contributed by atoms with Crippen LogP contribution in [0.3, 0.4) is 0 Å². The minimum atomic E-state index is -0.822. The highest BCUT2D eigenvalue weighted by Crippen LogP contribution is 2.42. The molecule has 0 spiro atoms. The van der Waals surface area contributed by atoms with Crippen LogP contribution in [0.5, 0.6) is 0 Å². The van der Waals surface area contributed by atoms with E-state index in [4.69, 9.17) is 5.73 Å². The molecule has 0 radical (unpaired) electrons. The molecule has 4 aromatic rings. The molecule has 3 N–H and O–H groups in total. The number of carbonyl (C=O) groups is 2. The minimum absolute atomic E-state index is 0.118. The quantitative estimate of drug-likeness (QED) is 0.287. The lowest BCUT2D eigenvalue weighted by atomic mass is 9.67. The molecule has 176 valence electrons. The van der Waals surface area contributed by atoms with Crippen molar-refractivity contribution in [1.82, 2.24) is 5.32 Å². The van der Waals surface area contributed by atoms with Gasteiger partial charge in [-0.15, -0.1) is 0 Å². The van der Waals surface area contributed by atoms with Crippen LogP contribution in [0.2, 0.25) is 0 Å². The molecular formula is C30H27BrN2O2. The van der Waals surface area contributed by atoms with E-state index in [-0.39, 0.29) is 12.3 Å². The summed E-state index contributed by atoms with van der Waals surface area (Å²) in [6.45, 7) is 0. The normalized spacial score (nSPS) is 12.0. The van der Waals surface area contributed by atoms with Crippen molar-refractivity contribution in [3.63, 3.8) is 0 Å². The molecule has 5 heteroatoms. The molecule has 0 heterocycles. The van der Waals surface area contributed by atoms with Crippen molar-refractivity contribution in [1.29, 1.82) is 0 Å².